The molecule has 4 rings (SSSR count). The van der Waals surface area contributed by atoms with Crippen molar-refractivity contribution in [2.24, 2.45) is 0 Å². The molecular weight excluding hydrogens is 342 g/mol. The van der Waals surface area contributed by atoms with Gasteiger partial charge in [-0.1, -0.05) is 0 Å². The SMILES string of the molecule is Cc1cc(=O)oc2ccc(F)cc12.Cc1cc(=O)oc2ccc(F)cc12. The highest BCUT2D eigenvalue weighted by Crippen LogP contribution is 2.17. The summed E-state index contributed by atoms with van der Waals surface area (Å²) < 4.78 is 35.3. The maximum Gasteiger partial charge on any atom is 0.336 e. The summed E-state index contributed by atoms with van der Waals surface area (Å²) >= 11 is 0. The number of benzene rings is 2. The highest BCUT2D eigenvalue weighted by molar-refractivity contribution is 5.80. The Morgan fingerprint density at radius 1 is 0.654 bits per heavy atom. The lowest BCUT2D eigenvalue weighted by molar-refractivity contribution is 0.557. The fourth-order valence-electron chi connectivity index (χ4n) is 2.58. The van der Waals surface area contributed by atoms with Gasteiger partial charge in [-0.15, -0.1) is 0 Å². The molecule has 2 aromatic carbocycles. The number of hydrogen-bond acceptors (Lipinski definition) is 4. The molecule has 0 unspecified atom stereocenters. The fourth-order valence-corrected chi connectivity index (χ4v) is 2.58. The quantitative estimate of drug-likeness (QED) is 0.436. The Hall–Kier alpha value is -3.28. The van der Waals surface area contributed by atoms with Gasteiger partial charge in [0.05, 0.1) is 0 Å². The lowest BCUT2D eigenvalue weighted by atomic mass is 10.1. The third kappa shape index (κ3) is 3.69. The van der Waals surface area contributed by atoms with E-state index in [0.717, 1.165) is 11.1 Å². The van der Waals surface area contributed by atoms with E-state index in [4.69, 9.17) is 8.83 Å². The molecule has 0 amide bonds. The molecule has 0 radical (unpaired) electrons. The molecule has 0 aliphatic rings. The van der Waals surface area contributed by atoms with Gasteiger partial charge in [0.1, 0.15) is 22.8 Å². The first-order valence-electron chi connectivity index (χ1n) is 7.73. The van der Waals surface area contributed by atoms with Crippen molar-refractivity contribution < 1.29 is 17.6 Å². The van der Waals surface area contributed by atoms with Crippen molar-refractivity contribution in [2.45, 2.75) is 13.8 Å². The fraction of sp³-hybridized carbons (Fsp3) is 0.100. The smallest absolute Gasteiger partial charge is 0.336 e. The molecule has 0 fully saturated rings. The van der Waals surface area contributed by atoms with Crippen LogP contribution in [0.4, 0.5) is 8.78 Å². The highest BCUT2D eigenvalue weighted by atomic mass is 19.1. The number of halogens is 2. The van der Waals surface area contributed by atoms with Gasteiger partial charge < -0.3 is 8.83 Å². The van der Waals surface area contributed by atoms with Crippen LogP contribution in [0.2, 0.25) is 0 Å². The molecule has 4 nitrogen and oxygen atoms in total. The van der Waals surface area contributed by atoms with Crippen LogP contribution in [-0.4, -0.2) is 0 Å². The van der Waals surface area contributed by atoms with Crippen LogP contribution in [0.1, 0.15) is 11.1 Å². The zero-order chi connectivity index (χ0) is 18.8. The molecule has 2 aromatic heterocycles. The topological polar surface area (TPSA) is 60.4 Å². The normalized spacial score (nSPS) is 10.6. The van der Waals surface area contributed by atoms with Crippen molar-refractivity contribution in [1.29, 1.82) is 0 Å². The van der Waals surface area contributed by atoms with Crippen LogP contribution in [0.25, 0.3) is 21.9 Å². The van der Waals surface area contributed by atoms with Crippen LogP contribution in [0, 0.1) is 25.5 Å². The number of rotatable bonds is 0. The van der Waals surface area contributed by atoms with E-state index in [1.165, 1.54) is 48.5 Å². The zero-order valence-electron chi connectivity index (χ0n) is 14.0. The monoisotopic (exact) mass is 356 g/mol. The van der Waals surface area contributed by atoms with Gasteiger partial charge >= 0.3 is 11.3 Å². The zero-order valence-corrected chi connectivity index (χ0v) is 14.0. The molecule has 4 aromatic rings. The minimum absolute atomic E-state index is 0.329. The number of aryl methyl sites for hydroxylation is 2. The molecule has 0 bridgehead atoms. The van der Waals surface area contributed by atoms with Crippen molar-refractivity contribution in [3.63, 3.8) is 0 Å². The van der Waals surface area contributed by atoms with Crippen LogP contribution in [-0.2, 0) is 0 Å². The standard InChI is InChI=1S/2C10H7FO2/c2*1-6-4-10(12)13-9-3-2-7(11)5-8(6)9/h2*2-5H,1H3. The Bertz CT molecular complexity index is 1120. The Morgan fingerprint density at radius 2 is 1.04 bits per heavy atom. The number of fused-ring (bicyclic) bond motifs is 2. The van der Waals surface area contributed by atoms with Gasteiger partial charge in [-0.25, -0.2) is 18.4 Å². The summed E-state index contributed by atoms with van der Waals surface area (Å²) in [6.45, 7) is 3.50. The Morgan fingerprint density at radius 3 is 1.42 bits per heavy atom. The molecule has 0 aliphatic heterocycles. The molecule has 132 valence electrons. The Kier molecular flexibility index (Phi) is 4.67. The lowest BCUT2D eigenvalue weighted by Gasteiger charge is -1.98. The minimum atomic E-state index is -0.406. The van der Waals surface area contributed by atoms with Gasteiger partial charge in [0.2, 0.25) is 0 Å². The molecule has 26 heavy (non-hydrogen) atoms. The van der Waals surface area contributed by atoms with Crippen molar-refractivity contribution in [3.05, 3.63) is 92.1 Å². The first kappa shape index (κ1) is 17.5. The second-order valence-electron chi connectivity index (χ2n) is 5.78. The van der Waals surface area contributed by atoms with Crippen molar-refractivity contribution >= 4 is 21.9 Å². The van der Waals surface area contributed by atoms with E-state index in [-0.39, 0.29) is 11.6 Å². The Labute approximate surface area is 146 Å². The summed E-state index contributed by atoms with van der Waals surface area (Å²) in [6, 6.07) is 10.9. The van der Waals surface area contributed by atoms with Crippen LogP contribution in [0.5, 0.6) is 0 Å². The van der Waals surface area contributed by atoms with E-state index in [1.54, 1.807) is 13.8 Å². The van der Waals surface area contributed by atoms with E-state index < -0.39 is 11.3 Å². The van der Waals surface area contributed by atoms with E-state index >= 15 is 0 Å². The second kappa shape index (κ2) is 6.92. The predicted molar refractivity (Wildman–Crippen MR) is 94.4 cm³/mol. The summed E-state index contributed by atoms with van der Waals surface area (Å²) in [4.78, 5) is 21.9. The molecule has 0 saturated carbocycles. The first-order chi connectivity index (χ1) is 12.3. The molecule has 2 heterocycles. The molecule has 0 spiro atoms. The van der Waals surface area contributed by atoms with Crippen LogP contribution in [0.15, 0.2) is 67.0 Å². The largest absolute Gasteiger partial charge is 0.423 e. The third-order valence-corrected chi connectivity index (χ3v) is 3.82. The van der Waals surface area contributed by atoms with Gasteiger partial charge in [0.15, 0.2) is 0 Å². The molecule has 0 aliphatic carbocycles. The summed E-state index contributed by atoms with van der Waals surface area (Å²) in [7, 11) is 0. The molecular formula is C20H14F2O4. The van der Waals surface area contributed by atoms with Gasteiger partial charge in [0.25, 0.3) is 0 Å². The van der Waals surface area contributed by atoms with Crippen molar-refractivity contribution in [1.82, 2.24) is 0 Å². The second-order valence-corrected chi connectivity index (χ2v) is 5.78. The van der Waals surface area contributed by atoms with E-state index in [1.807, 2.05) is 0 Å². The van der Waals surface area contributed by atoms with Crippen LogP contribution < -0.4 is 11.3 Å². The first-order valence-corrected chi connectivity index (χ1v) is 7.73. The van der Waals surface area contributed by atoms with Gasteiger partial charge in [-0.05, 0) is 61.4 Å². The third-order valence-electron chi connectivity index (χ3n) is 3.82. The van der Waals surface area contributed by atoms with Gasteiger partial charge in [-0.2, -0.15) is 0 Å². The van der Waals surface area contributed by atoms with Crippen LogP contribution >= 0.6 is 0 Å². The maximum atomic E-state index is 12.8. The Balaban J connectivity index is 0.000000151. The predicted octanol–water partition coefficient (Wildman–Crippen LogP) is 4.48. The molecule has 0 atom stereocenters. The van der Waals surface area contributed by atoms with Gasteiger partial charge in [0, 0.05) is 22.9 Å². The van der Waals surface area contributed by atoms with Crippen molar-refractivity contribution in [2.75, 3.05) is 0 Å². The summed E-state index contributed by atoms with van der Waals surface area (Å²) in [5, 5.41) is 1.28. The molecule has 0 saturated heterocycles. The minimum Gasteiger partial charge on any atom is -0.423 e. The average Bonchev–Trinajstić information content (AvgIpc) is 2.57. The molecule has 0 N–H and O–H groups in total. The average molecular weight is 356 g/mol. The number of hydrogen-bond donors (Lipinski definition) is 0. The highest BCUT2D eigenvalue weighted by Gasteiger charge is 2.03. The van der Waals surface area contributed by atoms with E-state index in [2.05, 4.69) is 0 Å². The summed E-state index contributed by atoms with van der Waals surface area (Å²) in [5.41, 5.74) is 1.49. The van der Waals surface area contributed by atoms with Gasteiger partial charge in [-0.3, -0.25) is 0 Å². The summed E-state index contributed by atoms with van der Waals surface area (Å²) in [5.74, 6) is -0.658. The summed E-state index contributed by atoms with van der Waals surface area (Å²) in [6.07, 6.45) is 0. The van der Waals surface area contributed by atoms with E-state index in [9.17, 15) is 18.4 Å². The molecule has 6 heteroatoms. The maximum absolute atomic E-state index is 12.8. The van der Waals surface area contributed by atoms with Crippen molar-refractivity contribution in [3.8, 4) is 0 Å². The lowest BCUT2D eigenvalue weighted by Crippen LogP contribution is -1.97. The van der Waals surface area contributed by atoms with Crippen LogP contribution in [0.3, 0.4) is 0 Å². The van der Waals surface area contributed by atoms with E-state index in [0.29, 0.717) is 21.9 Å².